The SMILES string of the molecule is CC.CSN1CCN(CCCOc2ccc3c(C4CCN(C(=O)Nc5ccc(N6CCCC6)cc5)CC4)ncnc3c2)CC1. The maximum atomic E-state index is 13.0. The van der Waals surface area contributed by atoms with Crippen LogP contribution in [-0.4, -0.2) is 102 Å². The zero-order valence-corrected chi connectivity index (χ0v) is 27.5. The number of hydrogen-bond acceptors (Lipinski definition) is 8. The second kappa shape index (κ2) is 16.3. The van der Waals surface area contributed by atoms with Crippen LogP contribution in [0.4, 0.5) is 16.2 Å². The van der Waals surface area contributed by atoms with E-state index in [2.05, 4.69) is 48.9 Å². The number of hydrogen-bond donors (Lipinski definition) is 1. The predicted molar refractivity (Wildman–Crippen MR) is 183 cm³/mol. The average molecular weight is 620 g/mol. The molecule has 44 heavy (non-hydrogen) atoms. The number of ether oxygens (including phenoxy) is 1. The van der Waals surface area contributed by atoms with E-state index in [4.69, 9.17) is 9.72 Å². The van der Waals surface area contributed by atoms with E-state index in [1.165, 1.54) is 18.5 Å². The molecule has 4 heterocycles. The molecule has 3 aliphatic rings. The maximum Gasteiger partial charge on any atom is 0.321 e. The monoisotopic (exact) mass is 619 g/mol. The van der Waals surface area contributed by atoms with Gasteiger partial charge in [0, 0.05) is 87.6 Å². The topological polar surface area (TPSA) is 77.1 Å². The molecule has 238 valence electrons. The van der Waals surface area contributed by atoms with E-state index in [-0.39, 0.29) is 6.03 Å². The quantitative estimate of drug-likeness (QED) is 0.220. The molecule has 2 amide bonds. The molecule has 0 saturated carbocycles. The number of nitrogens with one attached hydrogen (secondary N) is 1. The van der Waals surface area contributed by atoms with Gasteiger partial charge in [0.25, 0.3) is 0 Å². The first-order valence-electron chi connectivity index (χ1n) is 16.5. The fourth-order valence-corrected chi connectivity index (χ4v) is 6.90. The molecule has 10 heteroatoms. The molecule has 6 rings (SSSR count). The van der Waals surface area contributed by atoms with E-state index in [1.807, 2.05) is 55.0 Å². The molecule has 3 saturated heterocycles. The number of rotatable bonds is 9. The molecule has 3 aliphatic heterocycles. The summed E-state index contributed by atoms with van der Waals surface area (Å²) in [6.07, 6.45) is 9.12. The highest BCUT2D eigenvalue weighted by Crippen LogP contribution is 2.32. The van der Waals surface area contributed by atoms with Gasteiger partial charge in [0.1, 0.15) is 12.1 Å². The first-order valence-corrected chi connectivity index (χ1v) is 17.6. The highest BCUT2D eigenvalue weighted by atomic mass is 32.2. The van der Waals surface area contributed by atoms with Crippen LogP contribution in [-0.2, 0) is 0 Å². The lowest BCUT2D eigenvalue weighted by atomic mass is 9.91. The summed E-state index contributed by atoms with van der Waals surface area (Å²) in [5.74, 6) is 1.16. The van der Waals surface area contributed by atoms with Crippen molar-refractivity contribution in [3.8, 4) is 5.75 Å². The highest BCUT2D eigenvalue weighted by Gasteiger charge is 2.26. The fraction of sp³-hybridized carbons (Fsp3) is 0.559. The van der Waals surface area contributed by atoms with Crippen molar-refractivity contribution in [3.63, 3.8) is 0 Å². The number of likely N-dealkylation sites (tertiary alicyclic amines) is 1. The number of urea groups is 1. The van der Waals surface area contributed by atoms with Crippen LogP contribution in [0.2, 0.25) is 0 Å². The van der Waals surface area contributed by atoms with Gasteiger partial charge in [0.2, 0.25) is 0 Å². The highest BCUT2D eigenvalue weighted by molar-refractivity contribution is 7.96. The Kier molecular flexibility index (Phi) is 12.0. The number of anilines is 2. The molecule has 3 aromatic rings. The third kappa shape index (κ3) is 8.34. The molecule has 1 N–H and O–H groups in total. The fourth-order valence-electron chi connectivity index (χ4n) is 6.38. The summed E-state index contributed by atoms with van der Waals surface area (Å²) in [4.78, 5) is 29.1. The van der Waals surface area contributed by atoms with Gasteiger partial charge in [-0.1, -0.05) is 25.8 Å². The number of nitrogens with zero attached hydrogens (tertiary/aromatic N) is 6. The van der Waals surface area contributed by atoms with Crippen molar-refractivity contribution in [2.45, 2.75) is 51.9 Å². The molecule has 0 aliphatic carbocycles. The molecule has 0 bridgehead atoms. The molecule has 0 spiro atoms. The van der Waals surface area contributed by atoms with E-state index in [9.17, 15) is 4.79 Å². The van der Waals surface area contributed by atoms with Gasteiger partial charge in [0.15, 0.2) is 0 Å². The van der Waals surface area contributed by atoms with Crippen LogP contribution in [0.15, 0.2) is 48.8 Å². The lowest BCUT2D eigenvalue weighted by Crippen LogP contribution is -2.43. The van der Waals surface area contributed by atoms with Crippen LogP contribution in [0.25, 0.3) is 10.9 Å². The Hall–Kier alpha value is -3.08. The molecule has 3 fully saturated rings. The summed E-state index contributed by atoms with van der Waals surface area (Å²) < 4.78 is 8.52. The molecule has 0 atom stereocenters. The van der Waals surface area contributed by atoms with Crippen molar-refractivity contribution in [2.75, 3.05) is 82.0 Å². The molecular weight excluding hydrogens is 570 g/mol. The van der Waals surface area contributed by atoms with E-state index in [0.29, 0.717) is 25.6 Å². The number of piperidine rings is 1. The van der Waals surface area contributed by atoms with E-state index in [1.54, 1.807) is 6.33 Å². The standard InChI is InChI=1S/C32H43N7O2S.C2H6/c1-42-39-20-18-36(19-21-39)13-4-22-41-28-9-10-29-30(23-28)33-24-34-31(29)25-11-16-38(17-12-25)32(40)35-26-5-7-27(8-6-26)37-14-2-3-15-37;1-2/h5-10,23-25H,2-4,11-22H2,1H3,(H,35,40);1-2H3. The summed E-state index contributed by atoms with van der Waals surface area (Å²) in [5.41, 5.74) is 4.08. The first kappa shape index (κ1) is 32.3. The lowest BCUT2D eigenvalue weighted by Gasteiger charge is -2.33. The molecule has 0 radical (unpaired) electrons. The van der Waals surface area contributed by atoms with E-state index in [0.717, 1.165) is 93.1 Å². The van der Waals surface area contributed by atoms with Crippen molar-refractivity contribution in [3.05, 3.63) is 54.5 Å². The van der Waals surface area contributed by atoms with Crippen LogP contribution in [0.3, 0.4) is 0 Å². The van der Waals surface area contributed by atoms with Gasteiger partial charge in [0.05, 0.1) is 17.8 Å². The number of piperazine rings is 1. The minimum atomic E-state index is -0.0288. The number of carbonyl (C=O) groups excluding carboxylic acids is 1. The van der Waals surface area contributed by atoms with Crippen molar-refractivity contribution >= 4 is 40.3 Å². The van der Waals surface area contributed by atoms with E-state index >= 15 is 0 Å². The Bertz CT molecular complexity index is 1320. The summed E-state index contributed by atoms with van der Waals surface area (Å²) in [5, 5.41) is 4.17. The Labute approximate surface area is 267 Å². The van der Waals surface area contributed by atoms with Gasteiger partial charge < -0.3 is 24.8 Å². The van der Waals surface area contributed by atoms with Crippen LogP contribution in [0.1, 0.15) is 57.6 Å². The van der Waals surface area contributed by atoms with Crippen molar-refractivity contribution in [1.29, 1.82) is 0 Å². The second-order valence-corrected chi connectivity index (χ2v) is 12.4. The Morgan fingerprint density at radius 2 is 1.66 bits per heavy atom. The third-order valence-corrected chi connectivity index (χ3v) is 9.76. The minimum absolute atomic E-state index is 0.0288. The van der Waals surface area contributed by atoms with Gasteiger partial charge in [-0.15, -0.1) is 0 Å². The minimum Gasteiger partial charge on any atom is -0.493 e. The Balaban J connectivity index is 0.00000188. The maximum absolute atomic E-state index is 13.0. The third-order valence-electron chi connectivity index (χ3n) is 8.87. The lowest BCUT2D eigenvalue weighted by molar-refractivity contribution is 0.181. The van der Waals surface area contributed by atoms with Gasteiger partial charge in [-0.25, -0.2) is 19.1 Å². The molecular formula is C34H49N7O2S. The zero-order valence-electron chi connectivity index (χ0n) is 26.7. The smallest absolute Gasteiger partial charge is 0.321 e. The first-order chi connectivity index (χ1) is 21.7. The van der Waals surface area contributed by atoms with Crippen LogP contribution < -0.4 is 15.0 Å². The molecule has 1 aromatic heterocycles. The average Bonchev–Trinajstić information content (AvgIpc) is 3.63. The van der Waals surface area contributed by atoms with Gasteiger partial charge >= 0.3 is 6.03 Å². The van der Waals surface area contributed by atoms with Gasteiger partial charge in [-0.05, 0) is 74.8 Å². The van der Waals surface area contributed by atoms with Crippen LogP contribution >= 0.6 is 11.9 Å². The molecule has 9 nitrogen and oxygen atoms in total. The summed E-state index contributed by atoms with van der Waals surface area (Å²) in [7, 11) is 0. The van der Waals surface area contributed by atoms with Crippen molar-refractivity contribution in [2.24, 2.45) is 0 Å². The zero-order chi connectivity index (χ0) is 30.7. The van der Waals surface area contributed by atoms with Crippen LogP contribution in [0, 0.1) is 0 Å². The summed E-state index contributed by atoms with van der Waals surface area (Å²) in [6, 6.07) is 14.4. The Morgan fingerprint density at radius 1 is 0.932 bits per heavy atom. The normalized spacial score (nSPS) is 18.2. The molecule has 0 unspecified atom stereocenters. The number of aromatic nitrogens is 2. The number of carbonyl (C=O) groups is 1. The summed E-state index contributed by atoms with van der Waals surface area (Å²) >= 11 is 1.84. The number of amides is 2. The van der Waals surface area contributed by atoms with Crippen molar-refractivity contribution < 1.29 is 9.53 Å². The van der Waals surface area contributed by atoms with E-state index < -0.39 is 0 Å². The largest absolute Gasteiger partial charge is 0.493 e. The van der Waals surface area contributed by atoms with Crippen molar-refractivity contribution in [1.82, 2.24) is 24.1 Å². The predicted octanol–water partition coefficient (Wildman–Crippen LogP) is 6.33. The van der Waals surface area contributed by atoms with Gasteiger partial charge in [-0.2, -0.15) is 0 Å². The summed E-state index contributed by atoms with van der Waals surface area (Å²) in [6.45, 7) is 14.0. The second-order valence-electron chi connectivity index (χ2n) is 11.5. The Morgan fingerprint density at radius 3 is 2.36 bits per heavy atom. The molecule has 2 aromatic carbocycles. The number of benzene rings is 2. The van der Waals surface area contributed by atoms with Crippen LogP contribution in [0.5, 0.6) is 5.75 Å². The van der Waals surface area contributed by atoms with Gasteiger partial charge in [-0.3, -0.25) is 0 Å². The number of fused-ring (bicyclic) bond motifs is 1.